The lowest BCUT2D eigenvalue weighted by atomic mass is 10.2. The van der Waals surface area contributed by atoms with Gasteiger partial charge < -0.3 is 9.30 Å². The maximum atomic E-state index is 11.6. The summed E-state index contributed by atoms with van der Waals surface area (Å²) in [5, 5.41) is 0. The molecule has 0 bridgehead atoms. The standard InChI is InChI=1S/C13H15N3O2/c1-9-4-11(6-14-5-9)8-16-10(2)15-7-12(16)13(17)18-3/h4-7H,8H2,1-3H3. The predicted molar refractivity (Wildman–Crippen MR) is 66.4 cm³/mol. The van der Waals surface area contributed by atoms with Gasteiger partial charge in [-0.1, -0.05) is 6.07 Å². The van der Waals surface area contributed by atoms with E-state index in [0.29, 0.717) is 12.2 Å². The molecule has 0 saturated carbocycles. The molecule has 0 radical (unpaired) electrons. The van der Waals surface area contributed by atoms with Crippen LogP contribution in [0.1, 0.15) is 27.4 Å². The number of imidazole rings is 1. The first kappa shape index (κ1) is 12.3. The van der Waals surface area contributed by atoms with Crippen molar-refractivity contribution in [2.24, 2.45) is 0 Å². The molecule has 0 aliphatic rings. The van der Waals surface area contributed by atoms with Crippen LogP contribution in [0.4, 0.5) is 0 Å². The molecule has 2 aromatic rings. The van der Waals surface area contributed by atoms with Gasteiger partial charge in [-0.2, -0.15) is 0 Å². The quantitative estimate of drug-likeness (QED) is 0.773. The number of nitrogens with zero attached hydrogens (tertiary/aromatic N) is 3. The van der Waals surface area contributed by atoms with Crippen molar-refractivity contribution in [3.05, 3.63) is 47.3 Å². The van der Waals surface area contributed by atoms with Crippen LogP contribution in [0.3, 0.4) is 0 Å². The van der Waals surface area contributed by atoms with E-state index in [2.05, 4.69) is 9.97 Å². The Kier molecular flexibility index (Phi) is 3.41. The summed E-state index contributed by atoms with van der Waals surface area (Å²) in [6.45, 7) is 4.40. The highest BCUT2D eigenvalue weighted by molar-refractivity contribution is 5.87. The fraction of sp³-hybridized carbons (Fsp3) is 0.308. The van der Waals surface area contributed by atoms with E-state index in [0.717, 1.165) is 17.0 Å². The lowest BCUT2D eigenvalue weighted by Crippen LogP contribution is -2.12. The number of pyridine rings is 1. The predicted octanol–water partition coefficient (Wildman–Crippen LogP) is 1.73. The minimum Gasteiger partial charge on any atom is -0.464 e. The van der Waals surface area contributed by atoms with Crippen LogP contribution in [0.5, 0.6) is 0 Å². The molecule has 0 aliphatic carbocycles. The third kappa shape index (κ3) is 2.40. The van der Waals surface area contributed by atoms with Gasteiger partial charge in [0, 0.05) is 12.4 Å². The van der Waals surface area contributed by atoms with Crippen molar-refractivity contribution in [2.75, 3.05) is 7.11 Å². The van der Waals surface area contributed by atoms with Gasteiger partial charge in [-0.25, -0.2) is 9.78 Å². The van der Waals surface area contributed by atoms with E-state index in [4.69, 9.17) is 4.74 Å². The summed E-state index contributed by atoms with van der Waals surface area (Å²) < 4.78 is 6.56. The zero-order valence-electron chi connectivity index (χ0n) is 10.7. The Hall–Kier alpha value is -2.17. The number of hydrogen-bond acceptors (Lipinski definition) is 4. The molecule has 0 amide bonds. The first-order valence-corrected chi connectivity index (χ1v) is 5.63. The first-order chi connectivity index (χ1) is 8.61. The van der Waals surface area contributed by atoms with Gasteiger partial charge in [0.15, 0.2) is 0 Å². The second kappa shape index (κ2) is 5.00. The van der Waals surface area contributed by atoms with Gasteiger partial charge in [-0.15, -0.1) is 0 Å². The number of carbonyl (C=O) groups excluding carboxylic acids is 1. The van der Waals surface area contributed by atoms with E-state index < -0.39 is 0 Å². The number of aromatic nitrogens is 3. The molecule has 2 rings (SSSR count). The monoisotopic (exact) mass is 245 g/mol. The second-order valence-electron chi connectivity index (χ2n) is 4.14. The average molecular weight is 245 g/mol. The van der Waals surface area contributed by atoms with Crippen molar-refractivity contribution in [3.8, 4) is 0 Å². The lowest BCUT2D eigenvalue weighted by Gasteiger charge is -2.09. The van der Waals surface area contributed by atoms with Gasteiger partial charge in [0.25, 0.3) is 0 Å². The SMILES string of the molecule is COC(=O)c1cnc(C)n1Cc1cncc(C)c1. The first-order valence-electron chi connectivity index (χ1n) is 5.63. The summed E-state index contributed by atoms with van der Waals surface area (Å²) in [4.78, 5) is 19.9. The van der Waals surface area contributed by atoms with Gasteiger partial charge in [0.1, 0.15) is 11.5 Å². The van der Waals surface area contributed by atoms with Crippen molar-refractivity contribution in [1.82, 2.24) is 14.5 Å². The molecule has 0 aliphatic heterocycles. The number of esters is 1. The molecular formula is C13H15N3O2. The Morgan fingerprint density at radius 3 is 2.78 bits per heavy atom. The summed E-state index contributed by atoms with van der Waals surface area (Å²) in [7, 11) is 1.36. The molecule has 0 saturated heterocycles. The molecular weight excluding hydrogens is 230 g/mol. The van der Waals surface area contributed by atoms with Crippen LogP contribution in [0, 0.1) is 13.8 Å². The van der Waals surface area contributed by atoms with E-state index in [-0.39, 0.29) is 5.97 Å². The lowest BCUT2D eigenvalue weighted by molar-refractivity contribution is 0.0588. The van der Waals surface area contributed by atoms with Gasteiger partial charge in [0.2, 0.25) is 0 Å². The van der Waals surface area contributed by atoms with Crippen molar-refractivity contribution >= 4 is 5.97 Å². The van der Waals surface area contributed by atoms with Crippen molar-refractivity contribution < 1.29 is 9.53 Å². The summed E-state index contributed by atoms with van der Waals surface area (Å²) in [5.41, 5.74) is 2.57. The number of rotatable bonds is 3. The maximum absolute atomic E-state index is 11.6. The van der Waals surface area contributed by atoms with E-state index >= 15 is 0 Å². The number of methoxy groups -OCH3 is 1. The molecule has 2 heterocycles. The van der Waals surface area contributed by atoms with Crippen LogP contribution in [0.15, 0.2) is 24.7 Å². The van der Waals surface area contributed by atoms with Gasteiger partial charge in [0.05, 0.1) is 19.9 Å². The van der Waals surface area contributed by atoms with E-state index in [9.17, 15) is 4.79 Å². The zero-order valence-corrected chi connectivity index (χ0v) is 10.7. The van der Waals surface area contributed by atoms with Crippen LogP contribution >= 0.6 is 0 Å². The summed E-state index contributed by atoms with van der Waals surface area (Å²) in [6, 6.07) is 2.04. The summed E-state index contributed by atoms with van der Waals surface area (Å²) in [6.07, 6.45) is 5.11. The Labute approximate surface area is 105 Å². The molecule has 5 heteroatoms. The third-order valence-electron chi connectivity index (χ3n) is 2.72. The molecule has 0 spiro atoms. The number of aryl methyl sites for hydroxylation is 2. The van der Waals surface area contributed by atoms with Crippen molar-refractivity contribution in [3.63, 3.8) is 0 Å². The normalized spacial score (nSPS) is 10.4. The van der Waals surface area contributed by atoms with Crippen molar-refractivity contribution in [2.45, 2.75) is 20.4 Å². The van der Waals surface area contributed by atoms with Crippen molar-refractivity contribution in [1.29, 1.82) is 0 Å². The molecule has 0 aromatic carbocycles. The third-order valence-corrected chi connectivity index (χ3v) is 2.72. The van der Waals surface area contributed by atoms with Crippen LogP contribution in [-0.2, 0) is 11.3 Å². The zero-order chi connectivity index (χ0) is 13.1. The fourth-order valence-electron chi connectivity index (χ4n) is 1.82. The molecule has 2 aromatic heterocycles. The van der Waals surface area contributed by atoms with E-state index in [1.54, 1.807) is 12.4 Å². The highest BCUT2D eigenvalue weighted by Gasteiger charge is 2.15. The van der Waals surface area contributed by atoms with Gasteiger partial charge >= 0.3 is 5.97 Å². The largest absolute Gasteiger partial charge is 0.464 e. The van der Waals surface area contributed by atoms with Crippen LogP contribution < -0.4 is 0 Å². The highest BCUT2D eigenvalue weighted by Crippen LogP contribution is 2.11. The smallest absolute Gasteiger partial charge is 0.356 e. The fourth-order valence-corrected chi connectivity index (χ4v) is 1.82. The molecule has 0 N–H and O–H groups in total. The van der Waals surface area contributed by atoms with Crippen LogP contribution in [0.25, 0.3) is 0 Å². The Morgan fingerprint density at radius 2 is 2.11 bits per heavy atom. The second-order valence-corrected chi connectivity index (χ2v) is 4.14. The molecule has 0 unspecified atom stereocenters. The molecule has 18 heavy (non-hydrogen) atoms. The number of carbonyl (C=O) groups is 1. The van der Waals surface area contributed by atoms with Crippen LogP contribution in [0.2, 0.25) is 0 Å². The maximum Gasteiger partial charge on any atom is 0.356 e. The van der Waals surface area contributed by atoms with Gasteiger partial charge in [-0.05, 0) is 25.0 Å². The summed E-state index contributed by atoms with van der Waals surface area (Å²) >= 11 is 0. The molecule has 5 nitrogen and oxygen atoms in total. The van der Waals surface area contributed by atoms with Crippen LogP contribution in [-0.4, -0.2) is 27.6 Å². The Balaban J connectivity index is 2.34. The average Bonchev–Trinajstić information content (AvgIpc) is 2.70. The number of hydrogen-bond donors (Lipinski definition) is 0. The minimum absolute atomic E-state index is 0.379. The van der Waals surface area contributed by atoms with Gasteiger partial charge in [-0.3, -0.25) is 4.98 Å². The number of ether oxygens (including phenoxy) is 1. The molecule has 94 valence electrons. The van der Waals surface area contributed by atoms with E-state index in [1.165, 1.54) is 13.3 Å². The van der Waals surface area contributed by atoms with E-state index in [1.807, 2.05) is 24.5 Å². The summed E-state index contributed by atoms with van der Waals surface area (Å²) in [5.74, 6) is 0.396. The molecule has 0 atom stereocenters. The topological polar surface area (TPSA) is 57.0 Å². The highest BCUT2D eigenvalue weighted by atomic mass is 16.5. The minimum atomic E-state index is -0.379. The Morgan fingerprint density at radius 1 is 1.33 bits per heavy atom. The Bertz CT molecular complexity index is 575. The molecule has 0 fully saturated rings.